The Balaban J connectivity index is 0.00000820. The van der Waals surface area contributed by atoms with Gasteiger partial charge in [0.1, 0.15) is 11.8 Å². The maximum absolute atomic E-state index is 13.3. The van der Waals surface area contributed by atoms with Crippen molar-refractivity contribution in [3.05, 3.63) is 119 Å². The lowest BCUT2D eigenvalue weighted by Crippen LogP contribution is -2.52. The Kier molecular flexibility index (Phi) is 21.5. The van der Waals surface area contributed by atoms with Crippen molar-refractivity contribution in [1.29, 1.82) is 0 Å². The molecule has 0 aliphatic carbocycles. The molecule has 5 heterocycles. The highest BCUT2D eigenvalue weighted by Gasteiger charge is 2.40. The van der Waals surface area contributed by atoms with E-state index in [1.165, 1.54) is 4.90 Å². The number of carbonyl (C=O) groups excluding carboxylic acids is 5. The van der Waals surface area contributed by atoms with Gasteiger partial charge in [-0.2, -0.15) is 5.10 Å². The molecule has 400 valence electrons. The topological polar surface area (TPSA) is 240 Å². The molecule has 6 N–H and O–H groups in total. The molecule has 0 spiro atoms. The number of H-pyrrole nitrogens is 1. The lowest BCUT2D eigenvalue weighted by molar-refractivity contribution is -0.137. The van der Waals surface area contributed by atoms with Crippen LogP contribution in [0, 0.1) is 0 Å². The van der Waals surface area contributed by atoms with Gasteiger partial charge < -0.3 is 45.1 Å². The minimum atomic E-state index is -0.705. The van der Waals surface area contributed by atoms with Gasteiger partial charge in [-0.15, -0.1) is 12.4 Å². The molecule has 0 radical (unpaired) electrons. The van der Waals surface area contributed by atoms with Crippen LogP contribution in [0.3, 0.4) is 0 Å². The lowest BCUT2D eigenvalue weighted by Gasteiger charge is -2.37. The number of aromatic nitrogens is 4. The van der Waals surface area contributed by atoms with Crippen molar-refractivity contribution in [3.8, 4) is 17.1 Å². The highest BCUT2D eigenvalue weighted by atomic mass is 35.5. The number of carbonyl (C=O) groups is 5. The highest BCUT2D eigenvalue weighted by molar-refractivity contribution is 6.06. The second kappa shape index (κ2) is 28.8. The summed E-state index contributed by atoms with van der Waals surface area (Å²) in [7, 11) is 0. The first kappa shape index (κ1) is 56.0. The average molecular weight is 1050 g/mol. The molecule has 0 bridgehead atoms. The van der Waals surface area contributed by atoms with Crippen LogP contribution in [0.1, 0.15) is 115 Å². The number of unbranched alkanes of at least 4 members (excludes halogenated alkanes) is 5. The van der Waals surface area contributed by atoms with Gasteiger partial charge >= 0.3 is 0 Å². The molecule has 2 aromatic heterocycles. The van der Waals surface area contributed by atoms with Crippen LogP contribution >= 0.6 is 12.4 Å². The summed E-state index contributed by atoms with van der Waals surface area (Å²) in [5, 5.41) is 23.1. The number of ether oxygens (including phenoxy) is 4. The van der Waals surface area contributed by atoms with E-state index in [0.717, 1.165) is 92.8 Å². The van der Waals surface area contributed by atoms with Gasteiger partial charge in [0.15, 0.2) is 11.6 Å². The summed E-state index contributed by atoms with van der Waals surface area (Å²) in [5.74, 6) is 0.827. The van der Waals surface area contributed by atoms with Gasteiger partial charge in [0.25, 0.3) is 11.8 Å². The second-order valence-corrected chi connectivity index (χ2v) is 18.8. The molecular weight excluding hydrogens is 980 g/mol. The number of imide groups is 1. The smallest absolute Gasteiger partial charge is 0.255 e. The number of amides is 5. The molecule has 20 heteroatoms. The van der Waals surface area contributed by atoms with Crippen LogP contribution in [0.5, 0.6) is 5.75 Å². The molecular formula is C55H69ClN10O9. The Bertz CT molecular complexity index is 2650. The number of fused-ring (bicyclic) bond motifs is 1. The number of benzene rings is 3. The maximum Gasteiger partial charge on any atom is 0.255 e. The fraction of sp³-hybridized carbons (Fsp3) is 0.455. The number of nitrogens with zero attached hydrogens (tertiary/aromatic N) is 4. The van der Waals surface area contributed by atoms with Gasteiger partial charge in [0.2, 0.25) is 17.7 Å². The second-order valence-electron chi connectivity index (χ2n) is 18.8. The molecule has 5 amide bonds. The van der Waals surface area contributed by atoms with E-state index in [1.54, 1.807) is 30.6 Å². The predicted octanol–water partition coefficient (Wildman–Crippen LogP) is 6.86. The van der Waals surface area contributed by atoms with E-state index in [9.17, 15) is 24.0 Å². The molecule has 3 aromatic carbocycles. The van der Waals surface area contributed by atoms with Gasteiger partial charge in [-0.25, -0.2) is 4.98 Å². The normalized spacial score (nSPS) is 15.9. The van der Waals surface area contributed by atoms with E-state index in [2.05, 4.69) is 41.8 Å². The third-order valence-electron chi connectivity index (χ3n) is 13.5. The fourth-order valence-electron chi connectivity index (χ4n) is 9.36. The fourth-order valence-corrected chi connectivity index (χ4v) is 9.36. The van der Waals surface area contributed by atoms with Crippen molar-refractivity contribution in [2.24, 2.45) is 0 Å². The number of piperidine rings is 2. The monoisotopic (exact) mass is 1050 g/mol. The van der Waals surface area contributed by atoms with Gasteiger partial charge in [-0.05, 0) is 125 Å². The Hall–Kier alpha value is -6.77. The van der Waals surface area contributed by atoms with Crippen molar-refractivity contribution in [3.63, 3.8) is 0 Å². The minimum absolute atomic E-state index is 0. The number of aromatic amines is 1. The lowest BCUT2D eigenvalue weighted by atomic mass is 9.87. The first-order valence-corrected chi connectivity index (χ1v) is 26.0. The number of hydrogen-bond acceptors (Lipinski definition) is 14. The minimum Gasteiger partial charge on any atom is -0.494 e. The van der Waals surface area contributed by atoms with Crippen LogP contribution in [-0.2, 0) is 47.2 Å². The van der Waals surface area contributed by atoms with Crippen molar-refractivity contribution < 1.29 is 42.9 Å². The number of hydrogen-bond donors (Lipinski definition) is 6. The van der Waals surface area contributed by atoms with Gasteiger partial charge in [0.05, 0.1) is 38.6 Å². The first-order chi connectivity index (χ1) is 36.2. The maximum atomic E-state index is 13.3. The SMILES string of the molecule is Cl.O=C1CCC(N2Cc3c(NC(=O)CCCCCOCCOCCOCCCCCCOc4ccc(CNC(=O)c5cccc(NC6(c7nc(-c8ccncc8)n[nH]7)CCNCC6)c5)cc4)cccc3C2=O)C(=O)N1. The molecule has 3 aliphatic heterocycles. The Morgan fingerprint density at radius 2 is 1.47 bits per heavy atom. The zero-order valence-corrected chi connectivity index (χ0v) is 43.2. The molecule has 0 saturated carbocycles. The molecule has 1 atom stereocenters. The molecule has 2 saturated heterocycles. The summed E-state index contributed by atoms with van der Waals surface area (Å²) in [6, 6.07) is 23.7. The highest BCUT2D eigenvalue weighted by Crippen LogP contribution is 2.35. The van der Waals surface area contributed by atoms with Gasteiger partial charge in [0, 0.05) is 85.2 Å². The number of pyridine rings is 1. The standard InChI is InChI=1S/C55H68N10O9.ClH/c66-48(59-46-13-9-12-44-45(46)38-65(53(44)70)47-19-20-49(67)60-52(47)69)14-4-3-6-30-72-33-35-73-34-32-71-29-5-1-2-7-31-74-43-17-15-39(16-18-43)37-58-51(68)41-10-8-11-42(36-41)62-55(23-27-57-28-24-55)54-61-50(63-64-54)40-21-25-56-26-22-40;/h8-13,15-18,21-22,25-26,36,47,57,62H,1-7,14,19-20,23-24,27-35,37-38H2,(H,58,68)(H,59,66)(H,60,67,69)(H,61,63,64);1H. The molecule has 19 nitrogen and oxygen atoms in total. The first-order valence-electron chi connectivity index (χ1n) is 26.0. The Morgan fingerprint density at radius 3 is 2.20 bits per heavy atom. The predicted molar refractivity (Wildman–Crippen MR) is 284 cm³/mol. The van der Waals surface area contributed by atoms with Crippen molar-refractivity contribution in [2.45, 2.75) is 102 Å². The van der Waals surface area contributed by atoms with E-state index in [-0.39, 0.29) is 55.4 Å². The van der Waals surface area contributed by atoms with Crippen LogP contribution in [0.15, 0.2) is 91.3 Å². The van der Waals surface area contributed by atoms with Crippen molar-refractivity contribution >= 4 is 53.3 Å². The molecule has 5 aromatic rings. The molecule has 1 unspecified atom stereocenters. The largest absolute Gasteiger partial charge is 0.494 e. The number of anilines is 2. The third kappa shape index (κ3) is 16.1. The average Bonchev–Trinajstić information content (AvgIpc) is 4.06. The Labute approximate surface area is 443 Å². The van der Waals surface area contributed by atoms with Crippen molar-refractivity contribution in [1.82, 2.24) is 41.0 Å². The summed E-state index contributed by atoms with van der Waals surface area (Å²) < 4.78 is 23.0. The third-order valence-corrected chi connectivity index (χ3v) is 13.5. The van der Waals surface area contributed by atoms with Crippen LogP contribution in [0.25, 0.3) is 11.4 Å². The molecule has 3 aliphatic rings. The Morgan fingerprint density at radius 1 is 0.773 bits per heavy atom. The number of nitrogens with one attached hydrogen (secondary N) is 6. The quantitative estimate of drug-likeness (QED) is 0.0212. The van der Waals surface area contributed by atoms with E-state index in [1.807, 2.05) is 60.7 Å². The van der Waals surface area contributed by atoms with Crippen LogP contribution < -0.4 is 31.3 Å². The zero-order valence-electron chi connectivity index (χ0n) is 42.4. The number of rotatable bonds is 29. The van der Waals surface area contributed by atoms with E-state index >= 15 is 0 Å². The summed E-state index contributed by atoms with van der Waals surface area (Å²) in [6.45, 7) is 6.18. The van der Waals surface area contributed by atoms with E-state index in [0.29, 0.717) is 93.8 Å². The van der Waals surface area contributed by atoms with Crippen LogP contribution in [0.4, 0.5) is 11.4 Å². The summed E-state index contributed by atoms with van der Waals surface area (Å²) in [6.07, 6.45) is 12.2. The molecule has 2 fully saturated rings. The van der Waals surface area contributed by atoms with Gasteiger partial charge in [-0.1, -0.05) is 37.1 Å². The van der Waals surface area contributed by atoms with E-state index in [4.69, 9.17) is 23.9 Å². The zero-order chi connectivity index (χ0) is 51.4. The van der Waals surface area contributed by atoms with Crippen molar-refractivity contribution in [2.75, 3.05) is 70.0 Å². The summed E-state index contributed by atoms with van der Waals surface area (Å²) >= 11 is 0. The molecule has 75 heavy (non-hydrogen) atoms. The van der Waals surface area contributed by atoms with E-state index < -0.39 is 17.5 Å². The summed E-state index contributed by atoms with van der Waals surface area (Å²) in [4.78, 5) is 73.5. The molecule has 8 rings (SSSR count). The van der Waals surface area contributed by atoms with Gasteiger partial charge in [-0.3, -0.25) is 39.4 Å². The van der Waals surface area contributed by atoms with Crippen LogP contribution in [0.2, 0.25) is 0 Å². The summed E-state index contributed by atoms with van der Waals surface area (Å²) in [5.41, 5.74) is 4.53. The van der Waals surface area contributed by atoms with Crippen LogP contribution in [-0.4, -0.2) is 120 Å². The number of halogens is 1.